The Bertz CT molecular complexity index is 899. The van der Waals surface area contributed by atoms with Gasteiger partial charge in [-0.3, -0.25) is 0 Å². The van der Waals surface area contributed by atoms with Crippen LogP contribution in [0.1, 0.15) is 30.7 Å². The van der Waals surface area contributed by atoms with Crippen LogP contribution < -0.4 is 4.90 Å². The first kappa shape index (κ1) is 19.7. The predicted octanol–water partition coefficient (Wildman–Crippen LogP) is 2.35. The lowest BCUT2D eigenvalue weighted by Crippen LogP contribution is -3.14. The molecule has 1 aromatic heterocycles. The van der Waals surface area contributed by atoms with Crippen molar-refractivity contribution >= 4 is 12.2 Å². The zero-order chi connectivity index (χ0) is 19.7. The number of morpholine rings is 1. The van der Waals surface area contributed by atoms with Crippen LogP contribution in [0.2, 0.25) is 0 Å². The monoisotopic (exact) mass is 400 g/mol. The molecule has 0 aliphatic carbocycles. The number of rotatable bonds is 4. The molecule has 3 heterocycles. The van der Waals surface area contributed by atoms with Gasteiger partial charge in [-0.25, -0.2) is 4.98 Å². The number of fused-ring (bicyclic) bond motifs is 1. The molecule has 1 N–H and O–H groups in total. The van der Waals surface area contributed by atoms with E-state index in [-0.39, 0.29) is 5.60 Å². The van der Waals surface area contributed by atoms with Gasteiger partial charge in [0.15, 0.2) is 0 Å². The largest absolute Gasteiger partial charge is 0.370 e. The topological polar surface area (TPSA) is 40.7 Å². The summed E-state index contributed by atoms with van der Waals surface area (Å²) >= 11 is 5.67. The van der Waals surface area contributed by atoms with Gasteiger partial charge in [0.2, 0.25) is 0 Å². The average molecular weight is 401 g/mol. The van der Waals surface area contributed by atoms with Crippen molar-refractivity contribution in [1.29, 1.82) is 0 Å². The van der Waals surface area contributed by atoms with Crippen molar-refractivity contribution in [2.24, 2.45) is 0 Å². The molecule has 2 aliphatic heterocycles. The Hall–Kier alpha value is -1.60. The summed E-state index contributed by atoms with van der Waals surface area (Å²) in [7, 11) is 0. The summed E-state index contributed by atoms with van der Waals surface area (Å²) in [6.07, 6.45) is 0.853. The van der Waals surface area contributed by atoms with E-state index in [9.17, 15) is 0 Å². The van der Waals surface area contributed by atoms with E-state index in [0.717, 1.165) is 62.8 Å². The normalized spacial score (nSPS) is 19.4. The zero-order valence-electron chi connectivity index (χ0n) is 17.1. The Balaban J connectivity index is 1.76. The van der Waals surface area contributed by atoms with Gasteiger partial charge in [0.05, 0.1) is 38.5 Å². The van der Waals surface area contributed by atoms with Crippen molar-refractivity contribution in [1.82, 2.24) is 9.55 Å². The molecule has 0 bridgehead atoms. The van der Waals surface area contributed by atoms with Gasteiger partial charge in [-0.15, -0.1) is 0 Å². The number of hydrogen-bond acceptors (Lipinski definition) is 4. The van der Waals surface area contributed by atoms with Gasteiger partial charge in [-0.2, -0.15) is 0 Å². The Kier molecular flexibility index (Phi) is 5.65. The van der Waals surface area contributed by atoms with E-state index in [1.807, 2.05) is 0 Å². The van der Waals surface area contributed by atoms with E-state index in [1.165, 1.54) is 11.3 Å². The number of hydrogen-bond donors (Lipinski definition) is 1. The molecule has 0 saturated carbocycles. The highest BCUT2D eigenvalue weighted by Gasteiger charge is 2.30. The van der Waals surface area contributed by atoms with Gasteiger partial charge < -0.3 is 18.9 Å². The molecule has 1 aromatic carbocycles. The van der Waals surface area contributed by atoms with Crippen LogP contribution >= 0.6 is 12.2 Å². The highest BCUT2D eigenvalue weighted by Crippen LogP contribution is 2.31. The Morgan fingerprint density at radius 2 is 1.89 bits per heavy atom. The molecule has 0 radical (unpaired) electrons. The number of aromatic nitrogens is 2. The molecule has 4 rings (SSSR count). The van der Waals surface area contributed by atoms with Crippen molar-refractivity contribution in [2.75, 3.05) is 32.8 Å². The van der Waals surface area contributed by atoms with Gasteiger partial charge in [0.25, 0.3) is 0 Å². The summed E-state index contributed by atoms with van der Waals surface area (Å²) < 4.78 is 14.6. The van der Waals surface area contributed by atoms with Crippen molar-refractivity contribution in [3.05, 3.63) is 45.7 Å². The maximum atomic E-state index is 6.04. The lowest BCUT2D eigenvalue weighted by atomic mass is 9.96. The Morgan fingerprint density at radius 3 is 2.61 bits per heavy atom. The first-order valence-electron chi connectivity index (χ1n) is 10.2. The minimum absolute atomic E-state index is 0.186. The Morgan fingerprint density at radius 1 is 1.18 bits per heavy atom. The molecule has 28 heavy (non-hydrogen) atoms. The van der Waals surface area contributed by atoms with Gasteiger partial charge in [-0.05, 0) is 20.8 Å². The van der Waals surface area contributed by atoms with Crippen molar-refractivity contribution in [2.45, 2.75) is 45.9 Å². The lowest BCUT2D eigenvalue weighted by Gasteiger charge is -2.34. The van der Waals surface area contributed by atoms with Crippen LogP contribution in [0.3, 0.4) is 0 Å². The molecule has 2 aromatic rings. The summed E-state index contributed by atoms with van der Waals surface area (Å²) in [5, 5.41) is 0. The van der Waals surface area contributed by atoms with E-state index in [2.05, 4.69) is 49.6 Å². The number of quaternary nitrogens is 1. The molecule has 0 spiro atoms. The molecule has 1 saturated heterocycles. The summed E-state index contributed by atoms with van der Waals surface area (Å²) in [6.45, 7) is 12.8. The second kappa shape index (κ2) is 8.03. The second-order valence-corrected chi connectivity index (χ2v) is 8.91. The number of ether oxygens (including phenoxy) is 2. The fourth-order valence-corrected chi connectivity index (χ4v) is 4.31. The third kappa shape index (κ3) is 4.20. The maximum absolute atomic E-state index is 6.04. The molecule has 150 valence electrons. The molecule has 6 heteroatoms. The molecule has 1 fully saturated rings. The number of aryl methyl sites for hydroxylation is 1. The van der Waals surface area contributed by atoms with Crippen molar-refractivity contribution in [3.8, 4) is 11.4 Å². The molecular formula is C22H30N3O2S+. The fraction of sp³-hybridized carbons (Fsp3) is 0.545. The van der Waals surface area contributed by atoms with Gasteiger partial charge in [-0.1, -0.05) is 42.0 Å². The van der Waals surface area contributed by atoms with E-state index >= 15 is 0 Å². The molecule has 5 nitrogen and oxygen atoms in total. The van der Waals surface area contributed by atoms with E-state index in [0.29, 0.717) is 11.2 Å². The maximum Gasteiger partial charge on any atom is 0.141 e. The van der Waals surface area contributed by atoms with Gasteiger partial charge in [0, 0.05) is 23.2 Å². The first-order valence-corrected chi connectivity index (χ1v) is 10.6. The van der Waals surface area contributed by atoms with E-state index < -0.39 is 0 Å². The van der Waals surface area contributed by atoms with Crippen LogP contribution in [0.15, 0.2) is 24.3 Å². The smallest absolute Gasteiger partial charge is 0.141 e. The van der Waals surface area contributed by atoms with Crippen LogP contribution in [-0.4, -0.2) is 48.0 Å². The van der Waals surface area contributed by atoms with Crippen molar-refractivity contribution in [3.63, 3.8) is 0 Å². The summed E-state index contributed by atoms with van der Waals surface area (Å²) in [5.41, 5.74) is 4.57. The summed E-state index contributed by atoms with van der Waals surface area (Å²) in [6, 6.07) is 8.59. The minimum Gasteiger partial charge on any atom is -0.370 e. The highest BCUT2D eigenvalue weighted by atomic mass is 32.1. The Labute approximate surface area is 172 Å². The van der Waals surface area contributed by atoms with Crippen LogP contribution in [0.25, 0.3) is 11.4 Å². The third-order valence-corrected chi connectivity index (χ3v) is 6.13. The van der Waals surface area contributed by atoms with Crippen LogP contribution in [-0.2, 0) is 29.0 Å². The summed E-state index contributed by atoms with van der Waals surface area (Å²) in [5.74, 6) is 0.981. The van der Waals surface area contributed by atoms with Gasteiger partial charge in [0.1, 0.15) is 23.6 Å². The SMILES string of the molecule is Cc1ccc(-c2nc(=S)c3c(n2CC[NH+]2CCOCC2)CC(C)(C)OC3)cc1. The average Bonchev–Trinajstić information content (AvgIpc) is 2.68. The van der Waals surface area contributed by atoms with Crippen molar-refractivity contribution < 1.29 is 14.4 Å². The van der Waals surface area contributed by atoms with Crippen LogP contribution in [0.5, 0.6) is 0 Å². The second-order valence-electron chi connectivity index (χ2n) is 8.52. The number of nitrogens with zero attached hydrogens (tertiary/aromatic N) is 2. The van der Waals surface area contributed by atoms with E-state index in [1.54, 1.807) is 4.90 Å². The van der Waals surface area contributed by atoms with Crippen LogP contribution in [0.4, 0.5) is 0 Å². The lowest BCUT2D eigenvalue weighted by molar-refractivity contribution is -0.908. The van der Waals surface area contributed by atoms with Gasteiger partial charge >= 0.3 is 0 Å². The first-order chi connectivity index (χ1) is 13.4. The molecule has 0 atom stereocenters. The summed E-state index contributed by atoms with van der Waals surface area (Å²) in [4.78, 5) is 6.46. The third-order valence-electron chi connectivity index (χ3n) is 5.79. The molecule has 2 aliphatic rings. The number of nitrogens with one attached hydrogen (secondary N) is 1. The number of benzene rings is 1. The predicted molar refractivity (Wildman–Crippen MR) is 112 cm³/mol. The molecule has 0 amide bonds. The van der Waals surface area contributed by atoms with Crippen LogP contribution in [0, 0.1) is 11.6 Å². The highest BCUT2D eigenvalue weighted by molar-refractivity contribution is 7.71. The quantitative estimate of drug-likeness (QED) is 0.800. The molecule has 0 unspecified atom stereocenters. The molecular weight excluding hydrogens is 370 g/mol. The fourth-order valence-electron chi connectivity index (χ4n) is 4.05. The standard InChI is InChI=1S/C22H29N3O2S/c1-16-4-6-17(7-5-16)20-23-21(28)18-15-27-22(2,3)14-19(18)25(20)9-8-24-10-12-26-13-11-24/h4-7H,8-15H2,1-3H3/p+1. The zero-order valence-corrected chi connectivity index (χ0v) is 17.9. The van der Waals surface area contributed by atoms with E-state index in [4.69, 9.17) is 26.7 Å². The minimum atomic E-state index is -0.186.